The highest BCUT2D eigenvalue weighted by atomic mass is 35.5. The molecule has 162 valence electrons. The van der Waals surface area contributed by atoms with Gasteiger partial charge in [-0.3, -0.25) is 0 Å². The summed E-state index contributed by atoms with van der Waals surface area (Å²) in [6, 6.07) is 9.82. The molecule has 1 unspecified atom stereocenters. The van der Waals surface area contributed by atoms with Gasteiger partial charge in [0.1, 0.15) is 12.4 Å². The van der Waals surface area contributed by atoms with Gasteiger partial charge < -0.3 is 20.1 Å². The normalized spacial score (nSPS) is 12.0. The Balaban J connectivity index is 2.12. The largest absolute Gasteiger partial charge is 0.474 e. The molecule has 6 nitrogen and oxygen atoms in total. The molecule has 0 aromatic heterocycles. The predicted molar refractivity (Wildman–Crippen MR) is 104 cm³/mol. The summed E-state index contributed by atoms with van der Waals surface area (Å²) in [6.07, 6.45) is -5.88. The van der Waals surface area contributed by atoms with E-state index in [0.29, 0.717) is 17.1 Å². The van der Waals surface area contributed by atoms with Crippen LogP contribution in [0.15, 0.2) is 48.5 Å². The van der Waals surface area contributed by atoms with Crippen molar-refractivity contribution in [1.82, 2.24) is 10.6 Å². The molecule has 0 heterocycles. The molecule has 0 saturated heterocycles. The average molecular weight is 445 g/mol. The molecule has 0 bridgehead atoms. The maximum Gasteiger partial charge on any atom is 0.416 e. The Hall–Kier alpha value is -2.94. The van der Waals surface area contributed by atoms with Crippen LogP contribution in [0.1, 0.15) is 24.2 Å². The van der Waals surface area contributed by atoms with Crippen LogP contribution >= 0.6 is 11.6 Å². The molecule has 0 aliphatic carbocycles. The number of amides is 2. The van der Waals surface area contributed by atoms with E-state index in [2.05, 4.69) is 10.6 Å². The zero-order valence-corrected chi connectivity index (χ0v) is 16.7. The van der Waals surface area contributed by atoms with E-state index in [9.17, 15) is 22.8 Å². The number of hydrogen-bond donors (Lipinski definition) is 2. The van der Waals surface area contributed by atoms with Crippen LogP contribution in [0.5, 0.6) is 5.75 Å². The first-order chi connectivity index (χ1) is 14.2. The number of carbonyl (C=O) groups excluding carboxylic acids is 2. The van der Waals surface area contributed by atoms with E-state index >= 15 is 0 Å². The van der Waals surface area contributed by atoms with Gasteiger partial charge in [0.05, 0.1) is 12.1 Å². The number of nitrogens with one attached hydrogen (secondary N) is 2. The summed E-state index contributed by atoms with van der Waals surface area (Å²) in [7, 11) is 0. The molecule has 0 fully saturated rings. The zero-order chi connectivity index (χ0) is 22.1. The van der Waals surface area contributed by atoms with Gasteiger partial charge in [-0.25, -0.2) is 9.59 Å². The lowest BCUT2D eigenvalue weighted by atomic mass is 10.1. The summed E-state index contributed by atoms with van der Waals surface area (Å²) in [4.78, 5) is 23.9. The molecule has 0 saturated carbocycles. The fourth-order valence-electron chi connectivity index (χ4n) is 2.39. The van der Waals surface area contributed by atoms with Crippen LogP contribution in [0.4, 0.5) is 18.0 Å². The Labute approximate surface area is 176 Å². The number of ether oxygens (including phenoxy) is 2. The first kappa shape index (κ1) is 23.3. The molecule has 2 aromatic carbocycles. The van der Waals surface area contributed by atoms with Crippen LogP contribution < -0.4 is 15.4 Å². The van der Waals surface area contributed by atoms with Crippen molar-refractivity contribution in [2.45, 2.75) is 19.2 Å². The van der Waals surface area contributed by atoms with Gasteiger partial charge in [-0.05, 0) is 37.3 Å². The number of benzene rings is 2. The van der Waals surface area contributed by atoms with Crippen molar-refractivity contribution >= 4 is 23.6 Å². The highest BCUT2D eigenvalue weighted by molar-refractivity contribution is 6.30. The van der Waals surface area contributed by atoms with Gasteiger partial charge in [-0.2, -0.15) is 13.2 Å². The number of esters is 1. The Morgan fingerprint density at radius 1 is 1.10 bits per heavy atom. The molecule has 2 N–H and O–H groups in total. The summed E-state index contributed by atoms with van der Waals surface area (Å²) in [5, 5.41) is 5.42. The second-order valence-corrected chi connectivity index (χ2v) is 6.47. The highest BCUT2D eigenvalue weighted by Gasteiger charge is 2.31. The molecular weight excluding hydrogens is 425 g/mol. The van der Waals surface area contributed by atoms with Gasteiger partial charge in [0.15, 0.2) is 0 Å². The molecule has 2 amide bonds. The number of rotatable bonds is 8. The Morgan fingerprint density at radius 2 is 1.80 bits per heavy atom. The lowest BCUT2D eigenvalue weighted by Gasteiger charge is -2.19. The fourth-order valence-corrected chi connectivity index (χ4v) is 2.51. The van der Waals surface area contributed by atoms with E-state index in [1.54, 1.807) is 6.92 Å². The van der Waals surface area contributed by atoms with Gasteiger partial charge in [-0.1, -0.05) is 29.8 Å². The first-order valence-corrected chi connectivity index (χ1v) is 9.36. The van der Waals surface area contributed by atoms with Crippen molar-refractivity contribution in [3.05, 3.63) is 64.7 Å². The van der Waals surface area contributed by atoms with E-state index < -0.39 is 29.8 Å². The van der Waals surface area contributed by atoms with Crippen LogP contribution in [-0.2, 0) is 15.7 Å². The van der Waals surface area contributed by atoms with Crippen molar-refractivity contribution in [2.75, 3.05) is 19.7 Å². The minimum absolute atomic E-state index is 0.0501. The summed E-state index contributed by atoms with van der Waals surface area (Å²) in [5.74, 6) is -0.977. The molecule has 0 aliphatic rings. The number of hydrogen-bond acceptors (Lipinski definition) is 4. The number of halogens is 4. The molecular formula is C20H20ClF3N2O4. The topological polar surface area (TPSA) is 76.7 Å². The molecule has 0 aliphatic heterocycles. The maximum absolute atomic E-state index is 13.0. The highest BCUT2D eigenvalue weighted by Crippen LogP contribution is 2.33. The Kier molecular flexibility index (Phi) is 8.35. The van der Waals surface area contributed by atoms with Gasteiger partial charge in [0.25, 0.3) is 0 Å². The lowest BCUT2D eigenvalue weighted by Crippen LogP contribution is -2.37. The minimum Gasteiger partial charge on any atom is -0.474 e. The third-order valence-corrected chi connectivity index (χ3v) is 4.02. The van der Waals surface area contributed by atoms with E-state index in [4.69, 9.17) is 21.1 Å². The number of carbonyl (C=O) groups is 2. The summed E-state index contributed by atoms with van der Waals surface area (Å²) < 4.78 is 49.5. The van der Waals surface area contributed by atoms with Crippen molar-refractivity contribution in [1.29, 1.82) is 0 Å². The second kappa shape index (κ2) is 10.7. The van der Waals surface area contributed by atoms with E-state index in [1.807, 2.05) is 0 Å². The Morgan fingerprint density at radius 3 is 2.43 bits per heavy atom. The average Bonchev–Trinajstić information content (AvgIpc) is 2.70. The third-order valence-electron chi connectivity index (χ3n) is 3.77. The van der Waals surface area contributed by atoms with E-state index in [1.165, 1.54) is 36.4 Å². The van der Waals surface area contributed by atoms with Crippen molar-refractivity contribution < 1.29 is 32.2 Å². The van der Waals surface area contributed by atoms with Gasteiger partial charge >= 0.3 is 18.2 Å². The van der Waals surface area contributed by atoms with Crippen LogP contribution in [0, 0.1) is 0 Å². The molecule has 10 heteroatoms. The SMILES string of the molecule is CCNC(=O)NCCOC(=O)C(Oc1cccc(C(F)(F)F)c1)c1ccc(Cl)cc1. The lowest BCUT2D eigenvalue weighted by molar-refractivity contribution is -0.152. The number of alkyl halides is 3. The van der Waals surface area contributed by atoms with Gasteiger partial charge in [0.2, 0.25) is 6.10 Å². The molecule has 0 radical (unpaired) electrons. The summed E-state index contributed by atoms with van der Waals surface area (Å²) in [6.45, 7) is 2.09. The Bertz CT molecular complexity index is 860. The van der Waals surface area contributed by atoms with E-state index in [-0.39, 0.29) is 18.9 Å². The molecule has 30 heavy (non-hydrogen) atoms. The van der Waals surface area contributed by atoms with Crippen LogP contribution in [-0.4, -0.2) is 31.7 Å². The smallest absolute Gasteiger partial charge is 0.416 e. The van der Waals surface area contributed by atoms with Gasteiger partial charge in [0, 0.05) is 17.1 Å². The first-order valence-electron chi connectivity index (χ1n) is 8.98. The molecule has 2 aromatic rings. The quantitative estimate of drug-likeness (QED) is 0.469. The molecule has 2 rings (SSSR count). The fraction of sp³-hybridized carbons (Fsp3) is 0.300. The van der Waals surface area contributed by atoms with Crippen LogP contribution in [0.3, 0.4) is 0 Å². The predicted octanol–water partition coefficient (Wildman–Crippen LogP) is 4.34. The zero-order valence-electron chi connectivity index (χ0n) is 16.0. The van der Waals surface area contributed by atoms with Crippen LogP contribution in [0.2, 0.25) is 5.02 Å². The number of urea groups is 1. The third kappa shape index (κ3) is 7.14. The van der Waals surface area contributed by atoms with Gasteiger partial charge in [-0.15, -0.1) is 0 Å². The standard InChI is InChI=1S/C20H20ClF3N2O4/c1-2-25-19(28)26-10-11-29-18(27)17(13-6-8-15(21)9-7-13)30-16-5-3-4-14(12-16)20(22,23)24/h3-9,12,17H,2,10-11H2,1H3,(H2,25,26,28). The van der Waals surface area contributed by atoms with Crippen LogP contribution in [0.25, 0.3) is 0 Å². The second-order valence-electron chi connectivity index (χ2n) is 6.03. The monoisotopic (exact) mass is 444 g/mol. The van der Waals surface area contributed by atoms with Crippen molar-refractivity contribution in [3.8, 4) is 5.75 Å². The summed E-state index contributed by atoms with van der Waals surface area (Å²) >= 11 is 5.86. The molecule has 0 spiro atoms. The maximum atomic E-state index is 13.0. The molecule has 1 atom stereocenters. The van der Waals surface area contributed by atoms with E-state index in [0.717, 1.165) is 12.1 Å². The summed E-state index contributed by atoms with van der Waals surface area (Å²) in [5.41, 5.74) is -0.562. The minimum atomic E-state index is -4.56. The van der Waals surface area contributed by atoms with Crippen molar-refractivity contribution in [2.24, 2.45) is 0 Å². The van der Waals surface area contributed by atoms with Crippen molar-refractivity contribution in [3.63, 3.8) is 0 Å².